The Bertz CT molecular complexity index is 516. The fourth-order valence-electron chi connectivity index (χ4n) is 1.72. The lowest BCUT2D eigenvalue weighted by Gasteiger charge is -2.21. The van der Waals surface area contributed by atoms with Gasteiger partial charge in [-0.1, -0.05) is 5.21 Å². The van der Waals surface area contributed by atoms with Crippen LogP contribution in [0, 0.1) is 6.92 Å². The number of hydrogen-bond donors (Lipinski definition) is 2. The van der Waals surface area contributed by atoms with Gasteiger partial charge in [0, 0.05) is 20.1 Å². The van der Waals surface area contributed by atoms with Crippen LogP contribution in [-0.2, 0) is 19.2 Å². The molecule has 2 aromatic heterocycles. The first-order valence-corrected chi connectivity index (χ1v) is 5.82. The fourth-order valence-corrected chi connectivity index (χ4v) is 1.72. The largest absolute Gasteiger partial charge is 0.463 e. The van der Waals surface area contributed by atoms with E-state index in [9.17, 15) is 5.11 Å². The van der Waals surface area contributed by atoms with Crippen LogP contribution in [0.15, 0.2) is 22.7 Å². The molecule has 0 bridgehead atoms. The van der Waals surface area contributed by atoms with Crippen LogP contribution < -0.4 is 5.32 Å². The molecule has 6 heteroatoms. The van der Waals surface area contributed by atoms with Gasteiger partial charge in [-0.15, -0.1) is 5.10 Å². The van der Waals surface area contributed by atoms with Crippen molar-refractivity contribution in [2.75, 3.05) is 6.54 Å². The van der Waals surface area contributed by atoms with Crippen LogP contribution in [0.25, 0.3) is 0 Å². The van der Waals surface area contributed by atoms with Crippen LogP contribution in [0.3, 0.4) is 0 Å². The Hall–Kier alpha value is -1.66. The summed E-state index contributed by atoms with van der Waals surface area (Å²) < 4.78 is 7.13. The second-order valence-corrected chi connectivity index (χ2v) is 4.64. The highest BCUT2D eigenvalue weighted by Crippen LogP contribution is 2.21. The van der Waals surface area contributed by atoms with E-state index in [0.29, 0.717) is 18.8 Å². The van der Waals surface area contributed by atoms with Crippen molar-refractivity contribution in [1.29, 1.82) is 0 Å². The second-order valence-electron chi connectivity index (χ2n) is 4.64. The molecule has 0 aliphatic carbocycles. The van der Waals surface area contributed by atoms with E-state index in [-0.39, 0.29) is 0 Å². The summed E-state index contributed by atoms with van der Waals surface area (Å²) in [5, 5.41) is 21.1. The number of rotatable bonds is 5. The quantitative estimate of drug-likeness (QED) is 0.817. The molecule has 0 fully saturated rings. The summed E-state index contributed by atoms with van der Waals surface area (Å²) in [5.74, 6) is 1.36. The molecular formula is C12H18N4O2. The zero-order valence-corrected chi connectivity index (χ0v) is 10.8. The minimum atomic E-state index is -1.03. The number of nitrogens with one attached hydrogen (secondary N) is 1. The predicted octanol–water partition coefficient (Wildman–Crippen LogP) is 0.714. The smallest absolute Gasteiger partial charge is 0.136 e. The first kappa shape index (κ1) is 12.8. The van der Waals surface area contributed by atoms with Gasteiger partial charge in [-0.25, -0.2) is 0 Å². The molecule has 1 atom stereocenters. The lowest BCUT2D eigenvalue weighted by Crippen LogP contribution is -2.35. The lowest BCUT2D eigenvalue weighted by molar-refractivity contribution is 0.0331. The van der Waals surface area contributed by atoms with E-state index in [1.54, 1.807) is 23.9 Å². The predicted molar refractivity (Wildman–Crippen MR) is 65.7 cm³/mol. The molecule has 6 nitrogen and oxygen atoms in total. The van der Waals surface area contributed by atoms with Gasteiger partial charge in [-0.05, 0) is 26.0 Å². The fraction of sp³-hybridized carbons (Fsp3) is 0.500. The highest BCUT2D eigenvalue weighted by molar-refractivity contribution is 5.12. The zero-order valence-electron chi connectivity index (χ0n) is 10.8. The summed E-state index contributed by atoms with van der Waals surface area (Å²) in [7, 11) is 1.83. The molecule has 0 saturated heterocycles. The molecule has 0 aliphatic heterocycles. The maximum absolute atomic E-state index is 10.3. The molecule has 0 spiro atoms. The van der Waals surface area contributed by atoms with Crippen LogP contribution in [0.1, 0.15) is 24.1 Å². The van der Waals surface area contributed by atoms with Crippen molar-refractivity contribution in [3.8, 4) is 0 Å². The lowest BCUT2D eigenvalue weighted by atomic mass is 10.0. The normalized spacial score (nSPS) is 14.7. The van der Waals surface area contributed by atoms with Gasteiger partial charge in [0.25, 0.3) is 0 Å². The summed E-state index contributed by atoms with van der Waals surface area (Å²) in [6, 6.07) is 3.64. The summed E-state index contributed by atoms with van der Waals surface area (Å²) >= 11 is 0. The molecule has 2 N–H and O–H groups in total. The molecule has 0 aromatic carbocycles. The third-order valence-electron chi connectivity index (χ3n) is 2.85. The Kier molecular flexibility index (Phi) is 3.49. The molecule has 2 rings (SSSR count). The van der Waals surface area contributed by atoms with Gasteiger partial charge in [0.15, 0.2) is 0 Å². The summed E-state index contributed by atoms with van der Waals surface area (Å²) in [6.07, 6.45) is 1.69. The van der Waals surface area contributed by atoms with Crippen molar-refractivity contribution >= 4 is 0 Å². The summed E-state index contributed by atoms with van der Waals surface area (Å²) in [4.78, 5) is 0. The monoisotopic (exact) mass is 250 g/mol. The van der Waals surface area contributed by atoms with E-state index in [4.69, 9.17) is 4.42 Å². The molecule has 0 amide bonds. The standard InChI is InChI=1S/C12H18N4O2/c1-9-4-5-11(18-9)12(2,17)8-13-6-10-7-14-15-16(10)3/h4-5,7,13,17H,6,8H2,1-3H3. The molecule has 18 heavy (non-hydrogen) atoms. The number of aliphatic hydroxyl groups is 1. The molecule has 2 aromatic rings. The van der Waals surface area contributed by atoms with Crippen LogP contribution in [0.2, 0.25) is 0 Å². The van der Waals surface area contributed by atoms with E-state index < -0.39 is 5.60 Å². The van der Waals surface area contributed by atoms with Gasteiger partial charge in [-0.3, -0.25) is 4.68 Å². The number of aromatic nitrogens is 3. The first-order valence-electron chi connectivity index (χ1n) is 5.82. The number of aryl methyl sites for hydroxylation is 2. The number of hydrogen-bond acceptors (Lipinski definition) is 5. The van der Waals surface area contributed by atoms with Crippen LogP contribution in [0.4, 0.5) is 0 Å². The first-order chi connectivity index (χ1) is 8.49. The molecular weight excluding hydrogens is 232 g/mol. The van der Waals surface area contributed by atoms with Crippen molar-refractivity contribution in [1.82, 2.24) is 20.3 Å². The average molecular weight is 250 g/mol. The Morgan fingerprint density at radius 2 is 2.28 bits per heavy atom. The van der Waals surface area contributed by atoms with Gasteiger partial charge >= 0.3 is 0 Å². The van der Waals surface area contributed by atoms with E-state index >= 15 is 0 Å². The minimum absolute atomic E-state index is 0.394. The third-order valence-corrected chi connectivity index (χ3v) is 2.85. The molecule has 98 valence electrons. The van der Waals surface area contributed by atoms with Crippen LogP contribution in [-0.4, -0.2) is 26.6 Å². The Balaban J connectivity index is 1.91. The Labute approximate surface area is 106 Å². The van der Waals surface area contributed by atoms with Gasteiger partial charge in [0.1, 0.15) is 17.1 Å². The van der Waals surface area contributed by atoms with Crippen molar-refractivity contribution in [3.63, 3.8) is 0 Å². The van der Waals surface area contributed by atoms with Gasteiger partial charge in [0.05, 0.1) is 11.9 Å². The molecule has 2 heterocycles. The van der Waals surface area contributed by atoms with Crippen LogP contribution in [0.5, 0.6) is 0 Å². The topological polar surface area (TPSA) is 76.1 Å². The highest BCUT2D eigenvalue weighted by atomic mass is 16.4. The maximum Gasteiger partial charge on any atom is 0.136 e. The zero-order chi connectivity index (χ0) is 13.2. The minimum Gasteiger partial charge on any atom is -0.463 e. The SMILES string of the molecule is Cc1ccc(C(C)(O)CNCc2cnnn2C)o1. The van der Waals surface area contributed by atoms with Crippen molar-refractivity contribution in [2.24, 2.45) is 7.05 Å². The van der Waals surface area contributed by atoms with E-state index in [1.807, 2.05) is 20.0 Å². The Morgan fingerprint density at radius 1 is 1.50 bits per heavy atom. The highest BCUT2D eigenvalue weighted by Gasteiger charge is 2.26. The summed E-state index contributed by atoms with van der Waals surface area (Å²) in [5.41, 5.74) is -0.0678. The molecule has 0 radical (unpaired) electrons. The van der Waals surface area contributed by atoms with E-state index in [0.717, 1.165) is 11.5 Å². The van der Waals surface area contributed by atoms with E-state index in [2.05, 4.69) is 15.6 Å². The van der Waals surface area contributed by atoms with Crippen molar-refractivity contribution < 1.29 is 9.52 Å². The van der Waals surface area contributed by atoms with Gasteiger partial charge < -0.3 is 14.8 Å². The van der Waals surface area contributed by atoms with E-state index in [1.165, 1.54) is 0 Å². The maximum atomic E-state index is 10.3. The summed E-state index contributed by atoms with van der Waals surface area (Å²) in [6.45, 7) is 4.57. The molecule has 0 saturated carbocycles. The van der Waals surface area contributed by atoms with Crippen molar-refractivity contribution in [3.05, 3.63) is 35.5 Å². The van der Waals surface area contributed by atoms with Gasteiger partial charge in [-0.2, -0.15) is 0 Å². The van der Waals surface area contributed by atoms with Crippen LogP contribution >= 0.6 is 0 Å². The second kappa shape index (κ2) is 4.91. The third kappa shape index (κ3) is 2.77. The number of furan rings is 1. The van der Waals surface area contributed by atoms with Crippen molar-refractivity contribution in [2.45, 2.75) is 26.0 Å². The molecule has 1 unspecified atom stereocenters. The Morgan fingerprint density at radius 3 is 2.83 bits per heavy atom. The number of nitrogens with zero attached hydrogens (tertiary/aromatic N) is 3. The molecule has 0 aliphatic rings. The van der Waals surface area contributed by atoms with Gasteiger partial charge in [0.2, 0.25) is 0 Å². The average Bonchev–Trinajstić information content (AvgIpc) is 2.89.